The highest BCUT2D eigenvalue weighted by atomic mass is 127. The SMILES string of the molecule is COC(=O)c1nc(I)cnc1N1CC(S(N)(=O)=O)CC1=O. The molecular weight excluding hydrogens is 415 g/mol. The third-order valence-electron chi connectivity index (χ3n) is 2.91. The number of methoxy groups -OCH3 is 1. The normalized spacial score (nSPS) is 18.9. The molecule has 1 amide bonds. The average molecular weight is 426 g/mol. The third kappa shape index (κ3) is 3.29. The van der Waals surface area contributed by atoms with Crippen LogP contribution in [0.25, 0.3) is 0 Å². The smallest absolute Gasteiger partial charge is 0.360 e. The van der Waals surface area contributed by atoms with Crippen LogP contribution in [0.4, 0.5) is 5.82 Å². The number of carbonyl (C=O) groups excluding carboxylic acids is 2. The van der Waals surface area contributed by atoms with Gasteiger partial charge in [-0.2, -0.15) is 0 Å². The standard InChI is InChI=1S/C10H11IN4O5S/c1-20-10(17)8-9(13-3-6(11)14-8)15-4-5(2-7(15)16)21(12,18)19/h3,5H,2,4H2,1H3,(H2,12,18,19). The maximum atomic E-state index is 12.0. The Kier molecular flexibility index (Phi) is 4.43. The maximum Gasteiger partial charge on any atom is 0.360 e. The van der Waals surface area contributed by atoms with Gasteiger partial charge in [-0.25, -0.2) is 28.3 Å². The molecule has 0 aliphatic carbocycles. The van der Waals surface area contributed by atoms with Crippen molar-refractivity contribution in [1.82, 2.24) is 9.97 Å². The molecule has 1 aromatic rings. The van der Waals surface area contributed by atoms with E-state index >= 15 is 0 Å². The van der Waals surface area contributed by atoms with Crippen LogP contribution in [-0.2, 0) is 19.6 Å². The fourth-order valence-electron chi connectivity index (χ4n) is 1.89. The number of amides is 1. The van der Waals surface area contributed by atoms with Crippen molar-refractivity contribution in [2.75, 3.05) is 18.6 Å². The van der Waals surface area contributed by atoms with Gasteiger partial charge in [0.1, 0.15) is 8.95 Å². The topological polar surface area (TPSA) is 133 Å². The van der Waals surface area contributed by atoms with Gasteiger partial charge in [0.2, 0.25) is 15.9 Å². The first kappa shape index (κ1) is 16.0. The summed E-state index contributed by atoms with van der Waals surface area (Å²) in [6, 6.07) is 0. The van der Waals surface area contributed by atoms with Gasteiger partial charge < -0.3 is 4.74 Å². The molecule has 1 saturated heterocycles. The van der Waals surface area contributed by atoms with Crippen molar-refractivity contribution >= 4 is 50.3 Å². The largest absolute Gasteiger partial charge is 0.464 e. The second-order valence-electron chi connectivity index (χ2n) is 4.28. The van der Waals surface area contributed by atoms with E-state index in [1.54, 1.807) is 0 Å². The number of anilines is 1. The van der Waals surface area contributed by atoms with Crippen LogP contribution in [0.3, 0.4) is 0 Å². The zero-order valence-electron chi connectivity index (χ0n) is 10.8. The molecule has 9 nitrogen and oxygen atoms in total. The number of ether oxygens (including phenoxy) is 1. The molecule has 1 aromatic heterocycles. The van der Waals surface area contributed by atoms with Crippen molar-refractivity contribution < 1.29 is 22.7 Å². The first-order chi connectivity index (χ1) is 9.74. The van der Waals surface area contributed by atoms with Gasteiger partial charge in [0.25, 0.3) is 0 Å². The number of carbonyl (C=O) groups is 2. The van der Waals surface area contributed by atoms with E-state index in [0.717, 1.165) is 4.90 Å². The number of nitrogens with two attached hydrogens (primary N) is 1. The molecule has 21 heavy (non-hydrogen) atoms. The van der Waals surface area contributed by atoms with Gasteiger partial charge in [0, 0.05) is 13.0 Å². The average Bonchev–Trinajstić information content (AvgIpc) is 2.80. The molecule has 1 aliphatic rings. The van der Waals surface area contributed by atoms with E-state index in [1.807, 2.05) is 22.6 Å². The number of rotatable bonds is 3. The summed E-state index contributed by atoms with van der Waals surface area (Å²) in [6.45, 7) is -0.170. The molecule has 2 N–H and O–H groups in total. The summed E-state index contributed by atoms with van der Waals surface area (Å²) in [5.74, 6) is -1.28. The minimum atomic E-state index is -3.85. The Balaban J connectivity index is 2.43. The van der Waals surface area contributed by atoms with Crippen LogP contribution in [0.1, 0.15) is 16.9 Å². The molecule has 11 heteroatoms. The van der Waals surface area contributed by atoms with Gasteiger partial charge in [0.15, 0.2) is 11.5 Å². The summed E-state index contributed by atoms with van der Waals surface area (Å²) in [5.41, 5.74) is -0.146. The van der Waals surface area contributed by atoms with Gasteiger partial charge >= 0.3 is 5.97 Å². The molecule has 1 unspecified atom stereocenters. The lowest BCUT2D eigenvalue weighted by Gasteiger charge is -2.17. The minimum Gasteiger partial charge on any atom is -0.464 e. The fourth-order valence-corrected chi connectivity index (χ4v) is 3.00. The second-order valence-corrected chi connectivity index (χ2v) is 7.23. The predicted molar refractivity (Wildman–Crippen MR) is 80.0 cm³/mol. The van der Waals surface area contributed by atoms with Crippen molar-refractivity contribution in [2.24, 2.45) is 5.14 Å². The van der Waals surface area contributed by atoms with Gasteiger partial charge in [-0.1, -0.05) is 0 Å². The van der Waals surface area contributed by atoms with E-state index in [9.17, 15) is 18.0 Å². The predicted octanol–water partition coefficient (Wildman–Crippen LogP) is -0.738. The molecule has 1 aliphatic heterocycles. The molecule has 0 bridgehead atoms. The Morgan fingerprint density at radius 2 is 2.24 bits per heavy atom. The third-order valence-corrected chi connectivity index (χ3v) is 4.68. The van der Waals surface area contributed by atoms with Crippen molar-refractivity contribution in [3.05, 3.63) is 15.6 Å². The Hall–Kier alpha value is -1.34. The number of primary sulfonamides is 1. The van der Waals surface area contributed by atoms with Crippen LogP contribution in [0, 0.1) is 3.70 Å². The molecule has 2 rings (SSSR count). The van der Waals surface area contributed by atoms with Gasteiger partial charge in [-0.15, -0.1) is 0 Å². The van der Waals surface area contributed by atoms with E-state index in [1.165, 1.54) is 13.3 Å². The molecule has 0 spiro atoms. The van der Waals surface area contributed by atoms with Crippen molar-refractivity contribution in [3.63, 3.8) is 0 Å². The van der Waals surface area contributed by atoms with Crippen LogP contribution in [0.5, 0.6) is 0 Å². The van der Waals surface area contributed by atoms with Gasteiger partial charge in [-0.3, -0.25) is 9.69 Å². The van der Waals surface area contributed by atoms with Crippen LogP contribution in [0.2, 0.25) is 0 Å². The molecule has 0 radical (unpaired) electrons. The summed E-state index contributed by atoms with van der Waals surface area (Å²) in [7, 11) is -2.68. The summed E-state index contributed by atoms with van der Waals surface area (Å²) in [4.78, 5) is 32.8. The van der Waals surface area contributed by atoms with Crippen LogP contribution >= 0.6 is 22.6 Å². The number of halogens is 1. The molecule has 2 heterocycles. The minimum absolute atomic E-state index is 0.0292. The number of nitrogens with zero attached hydrogens (tertiary/aromatic N) is 3. The number of sulfonamides is 1. The van der Waals surface area contributed by atoms with E-state index in [-0.39, 0.29) is 24.5 Å². The van der Waals surface area contributed by atoms with Gasteiger partial charge in [-0.05, 0) is 22.6 Å². The quantitative estimate of drug-likeness (QED) is 0.497. The van der Waals surface area contributed by atoms with Crippen LogP contribution < -0.4 is 10.0 Å². The Bertz CT molecular complexity index is 707. The molecule has 114 valence electrons. The maximum absolute atomic E-state index is 12.0. The molecule has 0 aromatic carbocycles. The zero-order valence-corrected chi connectivity index (χ0v) is 13.8. The van der Waals surface area contributed by atoms with E-state index < -0.39 is 27.1 Å². The highest BCUT2D eigenvalue weighted by Gasteiger charge is 2.39. The number of hydrogen-bond acceptors (Lipinski definition) is 7. The summed E-state index contributed by atoms with van der Waals surface area (Å²) in [5, 5.41) is 4.02. The van der Waals surface area contributed by atoms with Crippen molar-refractivity contribution in [1.29, 1.82) is 0 Å². The second kappa shape index (κ2) is 5.81. The van der Waals surface area contributed by atoms with Crippen LogP contribution in [-0.4, -0.2) is 49.2 Å². The number of hydrogen-bond donors (Lipinski definition) is 1. The van der Waals surface area contributed by atoms with Crippen molar-refractivity contribution in [3.8, 4) is 0 Å². The fraction of sp³-hybridized carbons (Fsp3) is 0.400. The Morgan fingerprint density at radius 1 is 1.57 bits per heavy atom. The highest BCUT2D eigenvalue weighted by molar-refractivity contribution is 14.1. The molecule has 1 atom stereocenters. The molecule has 1 fully saturated rings. The first-order valence-electron chi connectivity index (χ1n) is 5.67. The van der Waals surface area contributed by atoms with E-state index in [4.69, 9.17) is 5.14 Å². The lowest BCUT2D eigenvalue weighted by atomic mass is 10.3. The number of aromatic nitrogens is 2. The summed E-state index contributed by atoms with van der Waals surface area (Å²) >= 11 is 1.86. The Labute approximate surface area is 134 Å². The highest BCUT2D eigenvalue weighted by Crippen LogP contribution is 2.25. The molecule has 0 saturated carbocycles. The summed E-state index contributed by atoms with van der Waals surface area (Å²) < 4.78 is 27.7. The first-order valence-corrected chi connectivity index (χ1v) is 8.35. The number of esters is 1. The van der Waals surface area contributed by atoms with Crippen LogP contribution in [0.15, 0.2) is 6.20 Å². The Morgan fingerprint density at radius 3 is 2.76 bits per heavy atom. The zero-order chi connectivity index (χ0) is 15.8. The summed E-state index contributed by atoms with van der Waals surface area (Å²) in [6.07, 6.45) is 1.10. The monoisotopic (exact) mass is 426 g/mol. The lowest BCUT2D eigenvalue weighted by Crippen LogP contribution is -2.33. The van der Waals surface area contributed by atoms with Crippen molar-refractivity contribution in [2.45, 2.75) is 11.7 Å². The van der Waals surface area contributed by atoms with E-state index in [2.05, 4.69) is 14.7 Å². The lowest BCUT2D eigenvalue weighted by molar-refractivity contribution is -0.117. The van der Waals surface area contributed by atoms with Gasteiger partial charge in [0.05, 0.1) is 13.3 Å². The van der Waals surface area contributed by atoms with E-state index in [0.29, 0.717) is 3.70 Å². The molecular formula is C10H11IN4O5S.